The summed E-state index contributed by atoms with van der Waals surface area (Å²) >= 11 is 0. The normalized spacial score (nSPS) is 15.0. The van der Waals surface area contributed by atoms with E-state index in [2.05, 4.69) is 15.3 Å². The fourth-order valence-corrected chi connectivity index (χ4v) is 2.95. The van der Waals surface area contributed by atoms with Gasteiger partial charge in [0.25, 0.3) is 5.91 Å². The molecule has 1 unspecified atom stereocenters. The Labute approximate surface area is 147 Å². The van der Waals surface area contributed by atoms with Crippen LogP contribution in [0.3, 0.4) is 0 Å². The second-order valence-electron chi connectivity index (χ2n) is 6.29. The summed E-state index contributed by atoms with van der Waals surface area (Å²) in [5.74, 6) is -0.407. The Morgan fingerprint density at radius 1 is 1.12 bits per heavy atom. The number of nitrogens with zero attached hydrogens (tertiary/aromatic N) is 3. The SMILES string of the molecule is Cc1cnc(C(=O)NC(Cc2ccccc2)C(=O)N2CCCC2)cn1. The summed E-state index contributed by atoms with van der Waals surface area (Å²) in [5.41, 5.74) is 1.97. The van der Waals surface area contributed by atoms with Crippen molar-refractivity contribution < 1.29 is 9.59 Å². The average molecular weight is 338 g/mol. The van der Waals surface area contributed by atoms with Crippen molar-refractivity contribution in [3.05, 3.63) is 59.7 Å². The molecule has 1 aliphatic heterocycles. The van der Waals surface area contributed by atoms with E-state index in [-0.39, 0.29) is 17.5 Å². The third-order valence-electron chi connectivity index (χ3n) is 4.32. The van der Waals surface area contributed by atoms with Crippen LogP contribution in [0.2, 0.25) is 0 Å². The molecule has 3 rings (SSSR count). The predicted octanol–water partition coefficient (Wildman–Crippen LogP) is 1.75. The standard InChI is InChI=1S/C19H22N4O2/c1-14-12-21-17(13-20-14)18(24)22-16(11-15-7-3-2-4-8-15)19(25)23-9-5-6-10-23/h2-4,7-8,12-13,16H,5-6,9-11H2,1H3,(H,22,24). The van der Waals surface area contributed by atoms with Gasteiger partial charge in [-0.15, -0.1) is 0 Å². The van der Waals surface area contributed by atoms with Gasteiger partial charge < -0.3 is 10.2 Å². The molecular weight excluding hydrogens is 316 g/mol. The minimum absolute atomic E-state index is 0.0326. The number of hydrogen-bond donors (Lipinski definition) is 1. The molecule has 1 aromatic carbocycles. The Kier molecular flexibility index (Phi) is 5.38. The number of carbonyl (C=O) groups is 2. The van der Waals surface area contributed by atoms with Crippen molar-refractivity contribution in [1.82, 2.24) is 20.2 Å². The van der Waals surface area contributed by atoms with E-state index in [4.69, 9.17) is 0 Å². The lowest BCUT2D eigenvalue weighted by molar-refractivity contribution is -0.132. The highest BCUT2D eigenvalue weighted by molar-refractivity contribution is 5.96. The molecule has 1 saturated heterocycles. The molecule has 0 aliphatic carbocycles. The zero-order valence-corrected chi connectivity index (χ0v) is 14.3. The van der Waals surface area contributed by atoms with E-state index in [1.807, 2.05) is 42.2 Å². The van der Waals surface area contributed by atoms with Gasteiger partial charge in [0.05, 0.1) is 11.9 Å². The van der Waals surface area contributed by atoms with Crippen LogP contribution in [0.15, 0.2) is 42.7 Å². The summed E-state index contributed by atoms with van der Waals surface area (Å²) in [4.78, 5) is 35.4. The highest BCUT2D eigenvalue weighted by Crippen LogP contribution is 2.12. The zero-order chi connectivity index (χ0) is 17.6. The molecule has 2 amide bonds. The van der Waals surface area contributed by atoms with Crippen LogP contribution in [-0.2, 0) is 11.2 Å². The van der Waals surface area contributed by atoms with E-state index < -0.39 is 6.04 Å². The van der Waals surface area contributed by atoms with Crippen LogP contribution in [0.25, 0.3) is 0 Å². The summed E-state index contributed by atoms with van der Waals surface area (Å²) in [6, 6.07) is 9.11. The van der Waals surface area contributed by atoms with Crippen molar-refractivity contribution >= 4 is 11.8 Å². The van der Waals surface area contributed by atoms with E-state index in [9.17, 15) is 9.59 Å². The van der Waals surface area contributed by atoms with Crippen molar-refractivity contribution in [2.75, 3.05) is 13.1 Å². The maximum atomic E-state index is 12.8. The molecule has 1 aliphatic rings. The first-order valence-corrected chi connectivity index (χ1v) is 8.56. The zero-order valence-electron chi connectivity index (χ0n) is 14.3. The van der Waals surface area contributed by atoms with Crippen LogP contribution in [-0.4, -0.2) is 45.8 Å². The van der Waals surface area contributed by atoms with Gasteiger partial charge in [-0.3, -0.25) is 14.6 Å². The molecule has 6 heteroatoms. The number of carbonyl (C=O) groups excluding carboxylic acids is 2. The van der Waals surface area contributed by atoms with Gasteiger partial charge in [0.2, 0.25) is 5.91 Å². The number of benzene rings is 1. The lowest BCUT2D eigenvalue weighted by Gasteiger charge is -2.24. The van der Waals surface area contributed by atoms with E-state index in [1.54, 1.807) is 6.20 Å². The molecule has 1 fully saturated rings. The van der Waals surface area contributed by atoms with Crippen molar-refractivity contribution in [1.29, 1.82) is 0 Å². The maximum Gasteiger partial charge on any atom is 0.272 e. The molecule has 2 heterocycles. The minimum Gasteiger partial charge on any atom is -0.341 e. The first-order chi connectivity index (χ1) is 12.1. The third-order valence-corrected chi connectivity index (χ3v) is 4.32. The molecule has 0 spiro atoms. The number of rotatable bonds is 5. The fourth-order valence-electron chi connectivity index (χ4n) is 2.95. The van der Waals surface area contributed by atoms with E-state index >= 15 is 0 Å². The van der Waals surface area contributed by atoms with Gasteiger partial charge in [-0.25, -0.2) is 4.98 Å². The number of hydrogen-bond acceptors (Lipinski definition) is 4. The summed E-state index contributed by atoms with van der Waals surface area (Å²) in [7, 11) is 0. The minimum atomic E-state index is -0.601. The Balaban J connectivity index is 1.76. The largest absolute Gasteiger partial charge is 0.341 e. The van der Waals surface area contributed by atoms with Crippen molar-refractivity contribution in [2.24, 2.45) is 0 Å². The molecule has 130 valence electrons. The molecule has 0 radical (unpaired) electrons. The molecule has 2 aromatic rings. The smallest absolute Gasteiger partial charge is 0.272 e. The molecular formula is C19H22N4O2. The van der Waals surface area contributed by atoms with Gasteiger partial charge in [0.1, 0.15) is 11.7 Å². The highest BCUT2D eigenvalue weighted by Gasteiger charge is 2.28. The van der Waals surface area contributed by atoms with E-state index in [0.29, 0.717) is 6.42 Å². The number of likely N-dealkylation sites (tertiary alicyclic amines) is 1. The topological polar surface area (TPSA) is 75.2 Å². The average Bonchev–Trinajstić information content (AvgIpc) is 3.16. The van der Waals surface area contributed by atoms with Crippen LogP contribution < -0.4 is 5.32 Å². The predicted molar refractivity (Wildman–Crippen MR) is 94.0 cm³/mol. The second kappa shape index (κ2) is 7.88. The lowest BCUT2D eigenvalue weighted by Crippen LogP contribution is -2.49. The third kappa shape index (κ3) is 4.41. The van der Waals surface area contributed by atoms with Crippen LogP contribution in [0.4, 0.5) is 0 Å². The van der Waals surface area contributed by atoms with E-state index in [1.165, 1.54) is 6.20 Å². The fraction of sp³-hybridized carbons (Fsp3) is 0.368. The molecule has 1 aromatic heterocycles. The highest BCUT2D eigenvalue weighted by atomic mass is 16.2. The lowest BCUT2D eigenvalue weighted by atomic mass is 10.0. The summed E-state index contributed by atoms with van der Waals surface area (Å²) in [5, 5.41) is 2.85. The molecule has 25 heavy (non-hydrogen) atoms. The number of aryl methyl sites for hydroxylation is 1. The Morgan fingerprint density at radius 2 is 1.84 bits per heavy atom. The molecule has 1 N–H and O–H groups in total. The Hall–Kier alpha value is -2.76. The van der Waals surface area contributed by atoms with Crippen LogP contribution in [0.1, 0.15) is 34.6 Å². The van der Waals surface area contributed by atoms with Gasteiger partial charge in [-0.2, -0.15) is 0 Å². The quantitative estimate of drug-likeness (QED) is 0.901. The summed E-state index contributed by atoms with van der Waals surface area (Å²) in [6.07, 6.45) is 5.47. The van der Waals surface area contributed by atoms with Crippen LogP contribution >= 0.6 is 0 Å². The molecule has 1 atom stereocenters. The van der Waals surface area contributed by atoms with Gasteiger partial charge >= 0.3 is 0 Å². The second-order valence-corrected chi connectivity index (χ2v) is 6.29. The monoisotopic (exact) mass is 338 g/mol. The first-order valence-electron chi connectivity index (χ1n) is 8.56. The van der Waals surface area contributed by atoms with Crippen LogP contribution in [0, 0.1) is 6.92 Å². The van der Waals surface area contributed by atoms with Crippen molar-refractivity contribution in [3.8, 4) is 0 Å². The van der Waals surface area contributed by atoms with E-state index in [0.717, 1.165) is 37.2 Å². The molecule has 0 saturated carbocycles. The molecule has 0 bridgehead atoms. The Morgan fingerprint density at radius 3 is 2.48 bits per heavy atom. The van der Waals surface area contributed by atoms with Gasteiger partial charge in [-0.1, -0.05) is 30.3 Å². The molecule has 6 nitrogen and oxygen atoms in total. The number of amides is 2. The summed E-state index contributed by atoms with van der Waals surface area (Å²) in [6.45, 7) is 3.32. The van der Waals surface area contributed by atoms with Gasteiger partial charge in [0, 0.05) is 25.7 Å². The van der Waals surface area contributed by atoms with Crippen molar-refractivity contribution in [3.63, 3.8) is 0 Å². The number of aromatic nitrogens is 2. The first kappa shape index (κ1) is 17.1. The Bertz CT molecular complexity index is 725. The van der Waals surface area contributed by atoms with Crippen molar-refractivity contribution in [2.45, 2.75) is 32.2 Å². The van der Waals surface area contributed by atoms with Gasteiger partial charge in [0.15, 0.2) is 0 Å². The number of nitrogens with one attached hydrogen (secondary N) is 1. The van der Waals surface area contributed by atoms with Crippen LogP contribution in [0.5, 0.6) is 0 Å². The summed E-state index contributed by atoms with van der Waals surface area (Å²) < 4.78 is 0. The maximum absolute atomic E-state index is 12.8. The van der Waals surface area contributed by atoms with Gasteiger partial charge in [-0.05, 0) is 25.3 Å².